The molecule has 1 atom stereocenters. The second-order valence-electron chi connectivity index (χ2n) is 4.84. The second kappa shape index (κ2) is 7.77. The van der Waals surface area contributed by atoms with E-state index in [0.717, 1.165) is 11.3 Å². The van der Waals surface area contributed by atoms with Crippen LogP contribution in [0, 0.1) is 6.92 Å². The van der Waals surface area contributed by atoms with Crippen LogP contribution in [0.15, 0.2) is 36.0 Å². The summed E-state index contributed by atoms with van der Waals surface area (Å²) in [5, 5.41) is 14.7. The number of amides is 1. The lowest BCUT2D eigenvalue weighted by molar-refractivity contribution is -0.120. The lowest BCUT2D eigenvalue weighted by Gasteiger charge is -2.12. The molecule has 0 fully saturated rings. The molecule has 0 aliphatic carbocycles. The van der Waals surface area contributed by atoms with Crippen molar-refractivity contribution in [1.82, 2.24) is 25.5 Å². The third-order valence-corrected chi connectivity index (χ3v) is 4.11. The summed E-state index contributed by atoms with van der Waals surface area (Å²) in [6.07, 6.45) is 1.64. The molecule has 122 valence electrons. The average molecular weight is 333 g/mol. The average Bonchev–Trinajstić information content (AvgIpc) is 3.00. The molecule has 1 aromatic carbocycles. The van der Waals surface area contributed by atoms with Crippen molar-refractivity contribution in [3.63, 3.8) is 0 Å². The lowest BCUT2D eigenvalue weighted by Crippen LogP contribution is -2.31. The summed E-state index contributed by atoms with van der Waals surface area (Å²) in [5.41, 5.74) is 1.79. The van der Waals surface area contributed by atoms with Crippen molar-refractivity contribution in [2.75, 3.05) is 13.7 Å². The fraction of sp³-hybridized carbons (Fsp3) is 0.333. The van der Waals surface area contributed by atoms with Crippen molar-refractivity contribution in [1.29, 1.82) is 0 Å². The minimum absolute atomic E-state index is 0.0966. The number of tetrazole rings is 1. The largest absolute Gasteiger partial charge is 0.494 e. The SMILES string of the molecule is C=CCNC(=O)C(C)Sc1nnnn1-c1cc(C)ccc1OC. The quantitative estimate of drug-likeness (QED) is 0.614. The van der Waals surface area contributed by atoms with E-state index in [1.54, 1.807) is 24.8 Å². The molecule has 7 nitrogen and oxygen atoms in total. The zero-order valence-electron chi connectivity index (χ0n) is 13.3. The summed E-state index contributed by atoms with van der Waals surface area (Å²) < 4.78 is 6.95. The molecule has 1 amide bonds. The Bertz CT molecular complexity index is 701. The molecule has 2 aromatic rings. The van der Waals surface area contributed by atoms with Gasteiger partial charge in [0.1, 0.15) is 11.4 Å². The molecule has 23 heavy (non-hydrogen) atoms. The van der Waals surface area contributed by atoms with E-state index in [1.807, 2.05) is 25.1 Å². The van der Waals surface area contributed by atoms with Crippen LogP contribution in [0.3, 0.4) is 0 Å². The molecule has 2 rings (SSSR count). The number of methoxy groups -OCH3 is 1. The first-order chi connectivity index (χ1) is 11.1. The molecule has 1 aromatic heterocycles. The number of rotatable bonds is 7. The molecule has 0 bridgehead atoms. The number of nitrogens with zero attached hydrogens (tertiary/aromatic N) is 4. The van der Waals surface area contributed by atoms with E-state index in [0.29, 0.717) is 17.5 Å². The molecule has 0 saturated carbocycles. The van der Waals surface area contributed by atoms with Crippen molar-refractivity contribution < 1.29 is 9.53 Å². The first-order valence-electron chi connectivity index (χ1n) is 7.05. The maximum atomic E-state index is 12.0. The number of thioether (sulfide) groups is 1. The van der Waals surface area contributed by atoms with Gasteiger partial charge in [-0.25, -0.2) is 0 Å². The Morgan fingerprint density at radius 3 is 3.04 bits per heavy atom. The van der Waals surface area contributed by atoms with Gasteiger partial charge in [0.25, 0.3) is 0 Å². The maximum absolute atomic E-state index is 12.0. The van der Waals surface area contributed by atoms with Crippen LogP contribution in [0.4, 0.5) is 0 Å². The standard InChI is InChI=1S/C15H19N5O2S/c1-5-8-16-14(21)11(3)23-15-17-18-19-20(15)12-9-10(2)6-7-13(12)22-4/h5-7,9,11H,1,8H2,2-4H3,(H,16,21). The van der Waals surface area contributed by atoms with Crippen LogP contribution in [-0.4, -0.2) is 45.0 Å². The zero-order chi connectivity index (χ0) is 16.8. The van der Waals surface area contributed by atoms with Crippen LogP contribution in [0.2, 0.25) is 0 Å². The predicted octanol–water partition coefficient (Wildman–Crippen LogP) is 1.76. The Morgan fingerprint density at radius 1 is 1.57 bits per heavy atom. The van der Waals surface area contributed by atoms with Gasteiger partial charge in [0.2, 0.25) is 11.1 Å². The molecule has 1 unspecified atom stereocenters. The molecule has 0 aliphatic rings. The molecule has 0 saturated heterocycles. The van der Waals surface area contributed by atoms with Gasteiger partial charge in [-0.3, -0.25) is 4.79 Å². The van der Waals surface area contributed by atoms with Crippen molar-refractivity contribution in [2.45, 2.75) is 24.3 Å². The highest BCUT2D eigenvalue weighted by molar-refractivity contribution is 8.00. The number of benzene rings is 1. The number of aromatic nitrogens is 4. The van der Waals surface area contributed by atoms with Gasteiger partial charge in [-0.15, -0.1) is 11.7 Å². The lowest BCUT2D eigenvalue weighted by atomic mass is 10.2. The molecule has 0 aliphatic heterocycles. The number of nitrogens with one attached hydrogen (secondary N) is 1. The van der Waals surface area contributed by atoms with Gasteiger partial charge in [-0.2, -0.15) is 4.68 Å². The smallest absolute Gasteiger partial charge is 0.233 e. The molecular formula is C15H19N5O2S. The van der Waals surface area contributed by atoms with Gasteiger partial charge in [0, 0.05) is 6.54 Å². The Kier molecular flexibility index (Phi) is 5.75. The van der Waals surface area contributed by atoms with Gasteiger partial charge in [-0.1, -0.05) is 23.9 Å². The molecule has 1 heterocycles. The van der Waals surface area contributed by atoms with Gasteiger partial charge in [0.05, 0.1) is 12.4 Å². The summed E-state index contributed by atoms with van der Waals surface area (Å²) in [5.74, 6) is 0.564. The van der Waals surface area contributed by atoms with E-state index < -0.39 is 0 Å². The highest BCUT2D eigenvalue weighted by atomic mass is 32.2. The second-order valence-corrected chi connectivity index (χ2v) is 6.15. The topological polar surface area (TPSA) is 81.9 Å². The predicted molar refractivity (Wildman–Crippen MR) is 89.0 cm³/mol. The molecule has 0 radical (unpaired) electrons. The minimum Gasteiger partial charge on any atom is -0.494 e. The first kappa shape index (κ1) is 17.0. The Morgan fingerprint density at radius 2 is 2.35 bits per heavy atom. The van der Waals surface area contributed by atoms with E-state index in [2.05, 4.69) is 27.4 Å². The third-order valence-electron chi connectivity index (χ3n) is 3.08. The van der Waals surface area contributed by atoms with E-state index in [-0.39, 0.29) is 11.2 Å². The van der Waals surface area contributed by atoms with Gasteiger partial charge in [-0.05, 0) is 42.0 Å². The van der Waals surface area contributed by atoms with E-state index in [1.165, 1.54) is 11.8 Å². The number of hydrogen-bond acceptors (Lipinski definition) is 6. The highest BCUT2D eigenvalue weighted by Crippen LogP contribution is 2.28. The maximum Gasteiger partial charge on any atom is 0.233 e. The van der Waals surface area contributed by atoms with Crippen molar-refractivity contribution in [3.05, 3.63) is 36.4 Å². The molecular weight excluding hydrogens is 314 g/mol. The fourth-order valence-corrected chi connectivity index (χ4v) is 2.72. The number of carbonyl (C=O) groups excluding carboxylic acids is 1. The Labute approximate surface area is 139 Å². The summed E-state index contributed by atoms with van der Waals surface area (Å²) in [7, 11) is 1.59. The Hall–Kier alpha value is -2.35. The van der Waals surface area contributed by atoms with E-state index >= 15 is 0 Å². The van der Waals surface area contributed by atoms with Crippen molar-refractivity contribution >= 4 is 17.7 Å². The zero-order valence-corrected chi connectivity index (χ0v) is 14.1. The van der Waals surface area contributed by atoms with Crippen LogP contribution >= 0.6 is 11.8 Å². The van der Waals surface area contributed by atoms with Gasteiger partial charge >= 0.3 is 0 Å². The highest BCUT2D eigenvalue weighted by Gasteiger charge is 2.20. The summed E-state index contributed by atoms with van der Waals surface area (Å²) >= 11 is 1.28. The molecule has 0 spiro atoms. The summed E-state index contributed by atoms with van der Waals surface area (Å²) in [4.78, 5) is 12.0. The minimum atomic E-state index is -0.337. The number of hydrogen-bond donors (Lipinski definition) is 1. The van der Waals surface area contributed by atoms with Crippen LogP contribution in [-0.2, 0) is 4.79 Å². The third kappa shape index (κ3) is 4.10. The van der Waals surface area contributed by atoms with Gasteiger partial charge in [0.15, 0.2) is 0 Å². The van der Waals surface area contributed by atoms with Crippen LogP contribution in [0.25, 0.3) is 5.69 Å². The first-order valence-corrected chi connectivity index (χ1v) is 7.93. The normalized spacial score (nSPS) is 11.8. The van der Waals surface area contributed by atoms with Crippen molar-refractivity contribution in [2.24, 2.45) is 0 Å². The summed E-state index contributed by atoms with van der Waals surface area (Å²) in [6.45, 7) is 7.79. The fourth-order valence-electron chi connectivity index (χ4n) is 1.90. The number of carbonyl (C=O) groups is 1. The number of aryl methyl sites for hydroxylation is 1. The van der Waals surface area contributed by atoms with Crippen LogP contribution in [0.5, 0.6) is 5.75 Å². The van der Waals surface area contributed by atoms with Gasteiger partial charge < -0.3 is 10.1 Å². The monoisotopic (exact) mass is 333 g/mol. The van der Waals surface area contributed by atoms with Crippen LogP contribution in [0.1, 0.15) is 12.5 Å². The molecule has 1 N–H and O–H groups in total. The van der Waals surface area contributed by atoms with E-state index in [9.17, 15) is 4.79 Å². The van der Waals surface area contributed by atoms with Crippen molar-refractivity contribution in [3.8, 4) is 11.4 Å². The molecule has 8 heteroatoms. The van der Waals surface area contributed by atoms with Crippen LogP contribution < -0.4 is 10.1 Å². The Balaban J connectivity index is 2.25. The number of ether oxygens (including phenoxy) is 1. The van der Waals surface area contributed by atoms with E-state index in [4.69, 9.17) is 4.74 Å². The summed E-state index contributed by atoms with van der Waals surface area (Å²) in [6, 6.07) is 5.74.